The number of carbonyl (C=O) groups is 1. The topological polar surface area (TPSA) is 76.5 Å². The summed E-state index contributed by atoms with van der Waals surface area (Å²) in [4.78, 5) is 22.6. The number of aromatic nitrogens is 4. The summed E-state index contributed by atoms with van der Waals surface area (Å²) in [5, 5.41) is 3.54. The van der Waals surface area contributed by atoms with Crippen LogP contribution in [0, 0.1) is 20.8 Å². The predicted molar refractivity (Wildman–Crippen MR) is 110 cm³/mol. The molecule has 0 unspecified atom stereocenters. The van der Waals surface area contributed by atoms with Crippen molar-refractivity contribution in [3.63, 3.8) is 0 Å². The summed E-state index contributed by atoms with van der Waals surface area (Å²) >= 11 is 0. The largest absolute Gasteiger partial charge is 0.467 e. The SMILES string of the molecule is Cc1ccc(N(Cc2ccco2)C(=O)Cc2c(C)nc3nc(C(F)(F)F)nn3c2C)cc1. The molecule has 0 aliphatic rings. The monoisotopic (exact) mass is 443 g/mol. The smallest absolute Gasteiger partial charge is 0.453 e. The normalized spacial score (nSPS) is 11.8. The highest BCUT2D eigenvalue weighted by atomic mass is 19.4. The van der Waals surface area contributed by atoms with E-state index in [2.05, 4.69) is 15.1 Å². The van der Waals surface area contributed by atoms with Crippen LogP contribution in [0.4, 0.5) is 18.9 Å². The molecule has 3 heterocycles. The van der Waals surface area contributed by atoms with E-state index in [4.69, 9.17) is 4.42 Å². The highest BCUT2D eigenvalue weighted by molar-refractivity contribution is 5.94. The molecule has 0 bridgehead atoms. The van der Waals surface area contributed by atoms with Gasteiger partial charge in [-0.1, -0.05) is 17.7 Å². The van der Waals surface area contributed by atoms with Gasteiger partial charge in [-0.3, -0.25) is 4.79 Å². The molecule has 1 aromatic carbocycles. The molecule has 32 heavy (non-hydrogen) atoms. The number of rotatable bonds is 5. The molecule has 0 N–H and O–H groups in total. The summed E-state index contributed by atoms with van der Waals surface area (Å²) in [6.07, 6.45) is -3.23. The van der Waals surface area contributed by atoms with Crippen molar-refractivity contribution in [2.75, 3.05) is 4.90 Å². The van der Waals surface area contributed by atoms with Gasteiger partial charge in [-0.15, -0.1) is 5.10 Å². The number of alkyl halides is 3. The van der Waals surface area contributed by atoms with E-state index >= 15 is 0 Å². The molecule has 0 radical (unpaired) electrons. The zero-order chi connectivity index (χ0) is 23.0. The van der Waals surface area contributed by atoms with Gasteiger partial charge in [-0.2, -0.15) is 18.2 Å². The second-order valence-corrected chi connectivity index (χ2v) is 7.48. The lowest BCUT2D eigenvalue weighted by Gasteiger charge is -2.23. The third-order valence-corrected chi connectivity index (χ3v) is 5.17. The van der Waals surface area contributed by atoms with Crippen molar-refractivity contribution in [1.29, 1.82) is 0 Å². The van der Waals surface area contributed by atoms with Crippen LogP contribution in [0.1, 0.15) is 34.1 Å². The minimum absolute atomic E-state index is 0.0730. The number of aryl methyl sites for hydroxylation is 3. The van der Waals surface area contributed by atoms with Crippen LogP contribution in [0.15, 0.2) is 47.1 Å². The fraction of sp³-hybridized carbons (Fsp3) is 0.273. The summed E-state index contributed by atoms with van der Waals surface area (Å²) in [7, 11) is 0. The third kappa shape index (κ3) is 4.20. The lowest BCUT2D eigenvalue weighted by Crippen LogP contribution is -2.32. The Morgan fingerprint density at radius 3 is 2.44 bits per heavy atom. The van der Waals surface area contributed by atoms with Gasteiger partial charge >= 0.3 is 6.18 Å². The summed E-state index contributed by atoms with van der Waals surface area (Å²) in [6.45, 7) is 5.40. The number of hydrogen-bond donors (Lipinski definition) is 0. The van der Waals surface area contributed by atoms with Crippen molar-refractivity contribution in [2.45, 2.75) is 39.9 Å². The maximum atomic E-state index is 13.4. The van der Waals surface area contributed by atoms with Crippen molar-refractivity contribution < 1.29 is 22.4 Å². The van der Waals surface area contributed by atoms with Crippen molar-refractivity contribution in [3.8, 4) is 0 Å². The minimum Gasteiger partial charge on any atom is -0.467 e. The third-order valence-electron chi connectivity index (χ3n) is 5.17. The molecule has 3 aromatic heterocycles. The van der Waals surface area contributed by atoms with Crippen LogP contribution in [0.3, 0.4) is 0 Å². The Kier molecular flexibility index (Phi) is 5.45. The zero-order valence-corrected chi connectivity index (χ0v) is 17.6. The van der Waals surface area contributed by atoms with Crippen molar-refractivity contribution in [1.82, 2.24) is 19.6 Å². The Morgan fingerprint density at radius 1 is 1.09 bits per heavy atom. The maximum Gasteiger partial charge on any atom is 0.453 e. The van der Waals surface area contributed by atoms with Crippen LogP contribution in [-0.2, 0) is 23.9 Å². The van der Waals surface area contributed by atoms with E-state index in [9.17, 15) is 18.0 Å². The summed E-state index contributed by atoms with van der Waals surface area (Å²) < 4.78 is 45.5. The molecule has 166 valence electrons. The van der Waals surface area contributed by atoms with Gasteiger partial charge in [0.1, 0.15) is 5.76 Å². The quantitative estimate of drug-likeness (QED) is 0.456. The molecule has 4 rings (SSSR count). The Labute approximate surface area is 181 Å². The van der Waals surface area contributed by atoms with Crippen LogP contribution in [-0.4, -0.2) is 25.5 Å². The van der Waals surface area contributed by atoms with Crippen LogP contribution < -0.4 is 4.90 Å². The standard InChI is InChI=1S/C22H20F3N5O2/c1-13-6-8-16(9-7-13)29(12-17-5-4-10-32-17)19(31)11-18-14(2)26-21-27-20(22(23,24)25)28-30(21)15(18)3/h4-10H,11-12H2,1-3H3. The number of amides is 1. The van der Waals surface area contributed by atoms with Gasteiger partial charge in [-0.25, -0.2) is 9.50 Å². The molecule has 7 nitrogen and oxygen atoms in total. The second kappa shape index (κ2) is 8.10. The molecule has 0 saturated carbocycles. The van der Waals surface area contributed by atoms with Crippen LogP contribution in [0.5, 0.6) is 0 Å². The van der Waals surface area contributed by atoms with E-state index in [0.717, 1.165) is 10.1 Å². The molecule has 0 fully saturated rings. The molecule has 1 amide bonds. The number of fused-ring (bicyclic) bond motifs is 1. The van der Waals surface area contributed by atoms with Crippen LogP contribution in [0.2, 0.25) is 0 Å². The number of carbonyl (C=O) groups excluding carboxylic acids is 1. The lowest BCUT2D eigenvalue weighted by atomic mass is 10.1. The van der Waals surface area contributed by atoms with Gasteiger partial charge in [0.25, 0.3) is 11.6 Å². The molecular formula is C22H20F3N5O2. The molecule has 0 saturated heterocycles. The van der Waals surface area contributed by atoms with Gasteiger partial charge in [0.15, 0.2) is 0 Å². The summed E-state index contributed by atoms with van der Waals surface area (Å²) in [6, 6.07) is 11.0. The van der Waals surface area contributed by atoms with E-state index in [0.29, 0.717) is 28.4 Å². The Hall–Kier alpha value is -3.69. The van der Waals surface area contributed by atoms with Gasteiger partial charge in [0.05, 0.1) is 19.2 Å². The fourth-order valence-corrected chi connectivity index (χ4v) is 3.44. The molecule has 0 spiro atoms. The fourth-order valence-electron chi connectivity index (χ4n) is 3.44. The predicted octanol–water partition coefficient (Wildman–Crippen LogP) is 4.44. The average Bonchev–Trinajstić information content (AvgIpc) is 3.39. The number of benzene rings is 1. The Morgan fingerprint density at radius 2 is 1.81 bits per heavy atom. The second-order valence-electron chi connectivity index (χ2n) is 7.48. The van der Waals surface area contributed by atoms with Crippen molar-refractivity contribution >= 4 is 17.4 Å². The number of furan rings is 1. The molecule has 10 heteroatoms. The first-order chi connectivity index (χ1) is 15.1. The highest BCUT2D eigenvalue weighted by Crippen LogP contribution is 2.27. The highest BCUT2D eigenvalue weighted by Gasteiger charge is 2.37. The summed E-state index contributed by atoms with van der Waals surface area (Å²) in [5.74, 6) is -1.08. The number of anilines is 1. The minimum atomic E-state index is -4.69. The molecule has 0 atom stereocenters. The van der Waals surface area contributed by atoms with Gasteiger partial charge in [-0.05, 0) is 45.0 Å². The van der Waals surface area contributed by atoms with Crippen molar-refractivity contribution in [2.24, 2.45) is 0 Å². The molecule has 0 aliphatic heterocycles. The first-order valence-corrected chi connectivity index (χ1v) is 9.83. The van der Waals surface area contributed by atoms with E-state index in [1.807, 2.05) is 31.2 Å². The zero-order valence-electron chi connectivity index (χ0n) is 17.6. The van der Waals surface area contributed by atoms with E-state index in [1.165, 1.54) is 6.26 Å². The van der Waals surface area contributed by atoms with E-state index < -0.39 is 12.0 Å². The number of nitrogens with zero attached hydrogens (tertiary/aromatic N) is 5. The number of hydrogen-bond acceptors (Lipinski definition) is 5. The lowest BCUT2D eigenvalue weighted by molar-refractivity contribution is -0.144. The molecule has 0 aliphatic carbocycles. The molecular weight excluding hydrogens is 423 g/mol. The Bertz CT molecular complexity index is 1260. The first-order valence-electron chi connectivity index (χ1n) is 9.83. The van der Waals surface area contributed by atoms with Crippen LogP contribution >= 0.6 is 0 Å². The first kappa shape index (κ1) is 21.5. The van der Waals surface area contributed by atoms with Gasteiger partial charge in [0, 0.05) is 22.6 Å². The average molecular weight is 443 g/mol. The van der Waals surface area contributed by atoms with Gasteiger partial charge in [0.2, 0.25) is 5.91 Å². The van der Waals surface area contributed by atoms with Crippen molar-refractivity contribution in [3.05, 3.63) is 76.8 Å². The van der Waals surface area contributed by atoms with E-state index in [-0.39, 0.29) is 24.7 Å². The van der Waals surface area contributed by atoms with Crippen LogP contribution in [0.25, 0.3) is 5.78 Å². The van der Waals surface area contributed by atoms with Gasteiger partial charge < -0.3 is 9.32 Å². The number of halogens is 3. The summed E-state index contributed by atoms with van der Waals surface area (Å²) in [5.41, 5.74) is 3.03. The molecule has 4 aromatic rings. The van der Waals surface area contributed by atoms with E-state index in [1.54, 1.807) is 30.9 Å². The maximum absolute atomic E-state index is 13.4. The Balaban J connectivity index is 1.70.